The van der Waals surface area contributed by atoms with Crippen molar-refractivity contribution >= 4 is 37.3 Å². The van der Waals surface area contributed by atoms with Gasteiger partial charge in [-0.15, -0.1) is 0 Å². The number of para-hydroxylation sites is 1. The minimum atomic E-state index is -3.67. The van der Waals surface area contributed by atoms with Crippen molar-refractivity contribution in [3.05, 3.63) is 57.7 Å². The second-order valence-corrected chi connectivity index (χ2v) is 8.85. The SMILES string of the molecule is CC1Cc2ccccc2N1S(=O)(=O)c1ccc2c(c1)sc(=O)n2C. The second-order valence-electron chi connectivity index (χ2n) is 6.04. The topological polar surface area (TPSA) is 59.4 Å². The van der Waals surface area contributed by atoms with E-state index in [9.17, 15) is 13.2 Å². The van der Waals surface area contributed by atoms with Crippen molar-refractivity contribution in [2.24, 2.45) is 7.05 Å². The molecule has 1 aliphatic rings. The molecule has 0 fully saturated rings. The molecule has 1 unspecified atom stereocenters. The Bertz CT molecular complexity index is 1110. The first kappa shape index (κ1) is 15.4. The van der Waals surface area contributed by atoms with Gasteiger partial charge in [0.2, 0.25) is 0 Å². The Balaban J connectivity index is 1.88. The summed E-state index contributed by atoms with van der Waals surface area (Å²) in [5.74, 6) is 0. The second kappa shape index (κ2) is 5.19. The summed E-state index contributed by atoms with van der Waals surface area (Å²) >= 11 is 1.06. The van der Waals surface area contributed by atoms with Gasteiger partial charge in [-0.05, 0) is 43.2 Å². The molecular weight excluding hydrogens is 344 g/mol. The zero-order valence-electron chi connectivity index (χ0n) is 13.3. The van der Waals surface area contributed by atoms with Crippen LogP contribution in [0.25, 0.3) is 10.2 Å². The Hall–Kier alpha value is -2.12. The number of nitrogens with zero attached hydrogens (tertiary/aromatic N) is 2. The van der Waals surface area contributed by atoms with E-state index in [2.05, 4.69) is 0 Å². The van der Waals surface area contributed by atoms with Gasteiger partial charge in [-0.25, -0.2) is 8.42 Å². The van der Waals surface area contributed by atoms with Crippen LogP contribution in [0.2, 0.25) is 0 Å². The van der Waals surface area contributed by atoms with Crippen molar-refractivity contribution in [2.45, 2.75) is 24.3 Å². The summed E-state index contributed by atoms with van der Waals surface area (Å²) in [6.45, 7) is 1.91. The summed E-state index contributed by atoms with van der Waals surface area (Å²) in [5.41, 5.74) is 2.53. The third-order valence-electron chi connectivity index (χ3n) is 4.47. The van der Waals surface area contributed by atoms with E-state index in [1.807, 2.05) is 31.2 Å². The number of sulfonamides is 1. The summed E-state index contributed by atoms with van der Waals surface area (Å²) in [5, 5.41) is 0. The van der Waals surface area contributed by atoms with E-state index in [1.54, 1.807) is 25.2 Å². The quantitative estimate of drug-likeness (QED) is 0.706. The van der Waals surface area contributed by atoms with Gasteiger partial charge in [0.25, 0.3) is 10.0 Å². The molecule has 0 radical (unpaired) electrons. The standard InChI is InChI=1S/C17H16N2O3S2/c1-11-9-12-5-3-4-6-14(12)19(11)24(21,22)13-7-8-15-16(10-13)23-17(20)18(15)2/h3-8,10-11H,9H2,1-2H3. The maximum atomic E-state index is 13.2. The van der Waals surface area contributed by atoms with Crippen LogP contribution in [0.5, 0.6) is 0 Å². The van der Waals surface area contributed by atoms with Gasteiger partial charge in [0.15, 0.2) is 0 Å². The fraction of sp³-hybridized carbons (Fsp3) is 0.235. The molecule has 0 N–H and O–H groups in total. The molecule has 3 aromatic rings. The lowest BCUT2D eigenvalue weighted by atomic mass is 10.1. The molecule has 5 nitrogen and oxygen atoms in total. The largest absolute Gasteiger partial charge is 0.307 e. The highest BCUT2D eigenvalue weighted by Crippen LogP contribution is 2.37. The molecule has 24 heavy (non-hydrogen) atoms. The minimum absolute atomic E-state index is 0.0977. The van der Waals surface area contributed by atoms with E-state index in [0.29, 0.717) is 11.1 Å². The number of benzene rings is 2. The number of aromatic nitrogens is 1. The van der Waals surface area contributed by atoms with Crippen LogP contribution in [-0.2, 0) is 23.5 Å². The molecule has 4 rings (SSSR count). The molecule has 0 saturated heterocycles. The predicted octanol–water partition coefficient (Wildman–Crippen LogP) is 2.74. The lowest BCUT2D eigenvalue weighted by Gasteiger charge is -2.24. The minimum Gasteiger partial charge on any atom is -0.302 e. The van der Waals surface area contributed by atoms with E-state index >= 15 is 0 Å². The molecule has 1 aliphatic heterocycles. The van der Waals surface area contributed by atoms with E-state index < -0.39 is 10.0 Å². The van der Waals surface area contributed by atoms with Crippen molar-refractivity contribution in [3.63, 3.8) is 0 Å². The van der Waals surface area contributed by atoms with Crippen LogP contribution >= 0.6 is 11.3 Å². The highest BCUT2D eigenvalue weighted by atomic mass is 32.2. The Labute approximate surface area is 143 Å². The number of rotatable bonds is 2. The highest BCUT2D eigenvalue weighted by Gasteiger charge is 2.35. The van der Waals surface area contributed by atoms with Gasteiger partial charge in [-0.1, -0.05) is 29.5 Å². The van der Waals surface area contributed by atoms with Crippen LogP contribution in [0.4, 0.5) is 5.69 Å². The Morgan fingerprint density at radius 2 is 1.92 bits per heavy atom. The monoisotopic (exact) mass is 360 g/mol. The Morgan fingerprint density at radius 3 is 2.71 bits per heavy atom. The van der Waals surface area contributed by atoms with E-state index in [0.717, 1.165) is 28.1 Å². The molecule has 124 valence electrons. The molecule has 0 amide bonds. The number of hydrogen-bond acceptors (Lipinski definition) is 4. The first-order valence-electron chi connectivity index (χ1n) is 7.61. The number of hydrogen-bond donors (Lipinski definition) is 0. The first-order chi connectivity index (χ1) is 11.4. The van der Waals surface area contributed by atoms with Crippen molar-refractivity contribution in [3.8, 4) is 0 Å². The van der Waals surface area contributed by atoms with Crippen LogP contribution < -0.4 is 9.18 Å². The summed E-state index contributed by atoms with van der Waals surface area (Å²) in [6.07, 6.45) is 0.705. The molecule has 0 bridgehead atoms. The predicted molar refractivity (Wildman–Crippen MR) is 96.3 cm³/mol. The van der Waals surface area contributed by atoms with Crippen LogP contribution in [0.3, 0.4) is 0 Å². The average Bonchev–Trinajstić information content (AvgIpc) is 3.03. The molecule has 2 aromatic carbocycles. The fourth-order valence-corrected chi connectivity index (χ4v) is 6.00. The lowest BCUT2D eigenvalue weighted by molar-refractivity contribution is 0.584. The Kier molecular flexibility index (Phi) is 3.33. The normalized spacial score (nSPS) is 17.4. The van der Waals surface area contributed by atoms with Gasteiger partial charge >= 0.3 is 4.87 Å². The molecule has 0 aliphatic carbocycles. The molecule has 7 heteroatoms. The molecule has 2 heterocycles. The van der Waals surface area contributed by atoms with Gasteiger partial charge in [-0.2, -0.15) is 0 Å². The number of fused-ring (bicyclic) bond motifs is 2. The van der Waals surface area contributed by atoms with Gasteiger partial charge in [0.1, 0.15) is 0 Å². The maximum Gasteiger partial charge on any atom is 0.307 e. The van der Waals surface area contributed by atoms with Gasteiger partial charge in [-0.3, -0.25) is 9.10 Å². The van der Waals surface area contributed by atoms with Crippen molar-refractivity contribution in [1.82, 2.24) is 4.57 Å². The highest BCUT2D eigenvalue weighted by molar-refractivity contribution is 7.93. The number of aryl methyl sites for hydroxylation is 1. The summed E-state index contributed by atoms with van der Waals surface area (Å²) in [7, 11) is -1.98. The molecular formula is C17H16N2O3S2. The first-order valence-corrected chi connectivity index (χ1v) is 9.87. The molecule has 0 spiro atoms. The molecule has 1 aromatic heterocycles. The summed E-state index contributed by atoms with van der Waals surface area (Å²) in [6, 6.07) is 12.3. The third-order valence-corrected chi connectivity index (χ3v) is 7.38. The van der Waals surface area contributed by atoms with E-state index in [1.165, 1.54) is 8.87 Å². The summed E-state index contributed by atoms with van der Waals surface area (Å²) < 4.78 is 30.1. The maximum absolute atomic E-state index is 13.2. The molecule has 1 atom stereocenters. The zero-order chi connectivity index (χ0) is 17.1. The Morgan fingerprint density at radius 1 is 1.17 bits per heavy atom. The van der Waals surface area contributed by atoms with Crippen molar-refractivity contribution in [1.29, 1.82) is 0 Å². The molecule has 0 saturated carbocycles. The third kappa shape index (κ3) is 2.12. The smallest absolute Gasteiger partial charge is 0.302 e. The van der Waals surface area contributed by atoms with Crippen molar-refractivity contribution < 1.29 is 8.42 Å². The van der Waals surface area contributed by atoms with E-state index in [-0.39, 0.29) is 15.8 Å². The number of anilines is 1. The summed E-state index contributed by atoms with van der Waals surface area (Å²) in [4.78, 5) is 11.9. The van der Waals surface area contributed by atoms with Gasteiger partial charge < -0.3 is 4.57 Å². The van der Waals surface area contributed by atoms with Crippen molar-refractivity contribution in [2.75, 3.05) is 4.31 Å². The van der Waals surface area contributed by atoms with Gasteiger partial charge in [0.05, 0.1) is 20.8 Å². The van der Waals surface area contributed by atoms with Gasteiger partial charge in [0, 0.05) is 13.1 Å². The van der Waals surface area contributed by atoms with Crippen LogP contribution in [0.15, 0.2) is 52.2 Å². The number of thiazole rings is 1. The average molecular weight is 360 g/mol. The van der Waals surface area contributed by atoms with Crippen LogP contribution in [0.1, 0.15) is 12.5 Å². The lowest BCUT2D eigenvalue weighted by Crippen LogP contribution is -2.35. The van der Waals surface area contributed by atoms with Crippen LogP contribution in [-0.4, -0.2) is 19.0 Å². The fourth-order valence-electron chi connectivity index (χ4n) is 3.29. The van der Waals surface area contributed by atoms with Crippen LogP contribution in [0, 0.1) is 0 Å². The van der Waals surface area contributed by atoms with E-state index in [4.69, 9.17) is 0 Å². The zero-order valence-corrected chi connectivity index (χ0v) is 14.9.